The zero-order chi connectivity index (χ0) is 21.8. The fourth-order valence-corrected chi connectivity index (χ4v) is 4.18. The highest BCUT2D eigenvalue weighted by atomic mass is 32.2. The van der Waals surface area contributed by atoms with E-state index in [9.17, 15) is 13.2 Å². The minimum atomic E-state index is -3.50. The predicted molar refractivity (Wildman–Crippen MR) is 117 cm³/mol. The first kappa shape index (κ1) is 20.7. The minimum absolute atomic E-state index is 0.180. The van der Waals surface area contributed by atoms with Crippen LogP contribution in [0.5, 0.6) is 0 Å². The first-order chi connectivity index (χ1) is 14.9. The molecule has 1 fully saturated rings. The maximum absolute atomic E-state index is 13.3. The Morgan fingerprint density at radius 2 is 1.84 bits per heavy atom. The molecule has 0 aliphatic carbocycles. The summed E-state index contributed by atoms with van der Waals surface area (Å²) in [7, 11) is -3.50. The first-order valence-electron chi connectivity index (χ1n) is 9.78. The van der Waals surface area contributed by atoms with Gasteiger partial charge in [-0.05, 0) is 43.2 Å². The molecule has 10 heteroatoms. The van der Waals surface area contributed by atoms with Crippen molar-refractivity contribution in [2.24, 2.45) is 0 Å². The van der Waals surface area contributed by atoms with Gasteiger partial charge < -0.3 is 10.2 Å². The lowest BCUT2D eigenvalue weighted by Gasteiger charge is -2.25. The normalized spacial score (nSPS) is 16.2. The molecule has 3 heterocycles. The molecule has 3 aromatic rings. The number of likely N-dealkylation sites (tertiary alicyclic amines) is 1. The quantitative estimate of drug-likeness (QED) is 0.607. The maximum atomic E-state index is 13.3. The minimum Gasteiger partial charge on any atom is -0.330 e. The second-order valence-electron chi connectivity index (χ2n) is 7.25. The maximum Gasteiger partial charge on any atom is 0.256 e. The Kier molecular flexibility index (Phi) is 5.81. The average Bonchev–Trinajstić information content (AvgIpc) is 3.24. The van der Waals surface area contributed by atoms with E-state index in [2.05, 4.69) is 25.0 Å². The van der Waals surface area contributed by atoms with Crippen LogP contribution < -0.4 is 10.0 Å². The summed E-state index contributed by atoms with van der Waals surface area (Å²) in [6.45, 7) is 0.580. The lowest BCUT2D eigenvalue weighted by Crippen LogP contribution is -2.31. The molecule has 0 saturated carbocycles. The van der Waals surface area contributed by atoms with E-state index >= 15 is 0 Å². The molecule has 0 spiro atoms. The molecule has 1 aliphatic heterocycles. The van der Waals surface area contributed by atoms with Crippen molar-refractivity contribution in [1.82, 2.24) is 19.9 Å². The molecular formula is C21H22N6O3S. The monoisotopic (exact) mass is 438 g/mol. The number of carbonyl (C=O) groups excluding carboxylic acids is 1. The number of amides is 1. The fraction of sp³-hybridized carbons (Fsp3) is 0.238. The number of hydrogen-bond donors (Lipinski definition) is 2. The molecule has 1 saturated heterocycles. The zero-order valence-electron chi connectivity index (χ0n) is 16.9. The fourth-order valence-electron chi connectivity index (χ4n) is 3.60. The van der Waals surface area contributed by atoms with E-state index < -0.39 is 10.0 Å². The van der Waals surface area contributed by atoms with E-state index in [1.54, 1.807) is 53.8 Å². The molecule has 1 atom stereocenters. The molecule has 160 valence electrons. The van der Waals surface area contributed by atoms with E-state index in [4.69, 9.17) is 0 Å². The number of anilines is 3. The summed E-state index contributed by atoms with van der Waals surface area (Å²) >= 11 is 0. The van der Waals surface area contributed by atoms with Gasteiger partial charge in [0.25, 0.3) is 5.91 Å². The van der Waals surface area contributed by atoms with Crippen LogP contribution in [0.3, 0.4) is 0 Å². The molecule has 4 rings (SSSR count). The van der Waals surface area contributed by atoms with Gasteiger partial charge in [-0.2, -0.15) is 0 Å². The highest BCUT2D eigenvalue weighted by Crippen LogP contribution is 2.33. The third kappa shape index (κ3) is 4.97. The van der Waals surface area contributed by atoms with E-state index in [1.165, 1.54) is 0 Å². The SMILES string of the molecule is CS(=O)(=O)Nc1ccccc1C(=O)N1CCC[C@H]1c1ccc(Nc2ncccn2)cn1. The predicted octanol–water partition coefficient (Wildman–Crippen LogP) is 2.96. The van der Waals surface area contributed by atoms with E-state index in [0.717, 1.165) is 30.5 Å². The Morgan fingerprint density at radius 1 is 1.06 bits per heavy atom. The smallest absolute Gasteiger partial charge is 0.256 e. The Labute approximate surface area is 180 Å². The molecule has 1 amide bonds. The van der Waals surface area contributed by atoms with Crippen molar-refractivity contribution in [3.05, 3.63) is 72.3 Å². The van der Waals surface area contributed by atoms with Crippen LogP contribution in [0.15, 0.2) is 61.1 Å². The Hall–Kier alpha value is -3.53. The summed E-state index contributed by atoms with van der Waals surface area (Å²) in [6.07, 6.45) is 7.68. The largest absolute Gasteiger partial charge is 0.330 e. The van der Waals surface area contributed by atoms with Crippen LogP contribution in [0.1, 0.15) is 34.9 Å². The summed E-state index contributed by atoms with van der Waals surface area (Å²) in [5.41, 5.74) is 2.11. The second-order valence-corrected chi connectivity index (χ2v) is 8.99. The van der Waals surface area contributed by atoms with Gasteiger partial charge in [-0.3, -0.25) is 14.5 Å². The molecule has 9 nitrogen and oxygen atoms in total. The summed E-state index contributed by atoms with van der Waals surface area (Å²) in [5, 5.41) is 3.08. The van der Waals surface area contributed by atoms with Gasteiger partial charge in [0, 0.05) is 18.9 Å². The molecule has 0 bridgehead atoms. The molecule has 0 unspecified atom stereocenters. The highest BCUT2D eigenvalue weighted by Gasteiger charge is 2.32. The number of nitrogens with zero attached hydrogens (tertiary/aromatic N) is 4. The topological polar surface area (TPSA) is 117 Å². The van der Waals surface area contributed by atoms with Crippen molar-refractivity contribution >= 4 is 33.3 Å². The van der Waals surface area contributed by atoms with Crippen molar-refractivity contribution in [2.45, 2.75) is 18.9 Å². The van der Waals surface area contributed by atoms with Gasteiger partial charge in [0.2, 0.25) is 16.0 Å². The summed E-state index contributed by atoms with van der Waals surface area (Å²) < 4.78 is 25.8. The van der Waals surface area contributed by atoms with Crippen molar-refractivity contribution in [3.63, 3.8) is 0 Å². The average molecular weight is 439 g/mol. The van der Waals surface area contributed by atoms with Gasteiger partial charge in [-0.15, -0.1) is 0 Å². The molecular weight excluding hydrogens is 416 g/mol. The van der Waals surface area contributed by atoms with Crippen molar-refractivity contribution in [2.75, 3.05) is 22.8 Å². The number of nitrogens with one attached hydrogen (secondary N) is 2. The van der Waals surface area contributed by atoms with Gasteiger partial charge in [-0.1, -0.05) is 12.1 Å². The van der Waals surface area contributed by atoms with Crippen molar-refractivity contribution in [3.8, 4) is 0 Å². The third-order valence-corrected chi connectivity index (χ3v) is 5.51. The molecule has 1 aromatic carbocycles. The van der Waals surface area contributed by atoms with Gasteiger partial charge in [0.15, 0.2) is 0 Å². The van der Waals surface area contributed by atoms with Gasteiger partial charge in [-0.25, -0.2) is 18.4 Å². The van der Waals surface area contributed by atoms with E-state index in [1.807, 2.05) is 12.1 Å². The number of benzene rings is 1. The van der Waals surface area contributed by atoms with Crippen LogP contribution in [-0.4, -0.2) is 47.0 Å². The van der Waals surface area contributed by atoms with Gasteiger partial charge >= 0.3 is 0 Å². The molecule has 0 radical (unpaired) electrons. The Bertz CT molecular complexity index is 1170. The zero-order valence-corrected chi connectivity index (χ0v) is 17.7. The number of sulfonamides is 1. The van der Waals surface area contributed by atoms with E-state index in [0.29, 0.717) is 18.1 Å². The summed E-state index contributed by atoms with van der Waals surface area (Å²) in [6, 6.07) is 11.9. The number of para-hydroxylation sites is 1. The molecule has 2 aromatic heterocycles. The van der Waals surface area contributed by atoms with Crippen LogP contribution in [0, 0.1) is 0 Å². The Balaban J connectivity index is 1.54. The summed E-state index contributed by atoms with van der Waals surface area (Å²) in [5.74, 6) is 0.251. The van der Waals surface area contributed by atoms with Crippen LogP contribution in [-0.2, 0) is 10.0 Å². The number of hydrogen-bond acceptors (Lipinski definition) is 7. The van der Waals surface area contributed by atoms with Gasteiger partial charge in [0.05, 0.1) is 41.1 Å². The molecule has 2 N–H and O–H groups in total. The second kappa shape index (κ2) is 8.68. The first-order valence-corrected chi connectivity index (χ1v) is 11.7. The lowest BCUT2D eigenvalue weighted by molar-refractivity contribution is 0.0734. The van der Waals surface area contributed by atoms with Crippen LogP contribution in [0.25, 0.3) is 0 Å². The van der Waals surface area contributed by atoms with Crippen molar-refractivity contribution < 1.29 is 13.2 Å². The standard InChI is InChI=1S/C21H22N6O3S/c1-31(29,30)26-17-7-3-2-6-16(17)20(28)27-13-4-8-19(27)18-10-9-15(14-24-18)25-21-22-11-5-12-23-21/h2-3,5-7,9-12,14,19,26H,4,8,13H2,1H3,(H,22,23,25)/t19-/m0/s1. The Morgan fingerprint density at radius 3 is 2.55 bits per heavy atom. The number of carbonyl (C=O) groups is 1. The molecule has 1 aliphatic rings. The van der Waals surface area contributed by atoms with Crippen molar-refractivity contribution in [1.29, 1.82) is 0 Å². The van der Waals surface area contributed by atoms with E-state index in [-0.39, 0.29) is 17.6 Å². The number of pyridine rings is 1. The highest BCUT2D eigenvalue weighted by molar-refractivity contribution is 7.92. The number of aromatic nitrogens is 3. The number of rotatable bonds is 6. The van der Waals surface area contributed by atoms with Crippen LogP contribution in [0.4, 0.5) is 17.3 Å². The van der Waals surface area contributed by atoms with Crippen LogP contribution >= 0.6 is 0 Å². The summed E-state index contributed by atoms with van der Waals surface area (Å²) in [4.78, 5) is 27.8. The molecule has 31 heavy (non-hydrogen) atoms. The van der Waals surface area contributed by atoms with Gasteiger partial charge in [0.1, 0.15) is 0 Å². The third-order valence-electron chi connectivity index (χ3n) is 4.92. The lowest BCUT2D eigenvalue weighted by atomic mass is 10.1. The van der Waals surface area contributed by atoms with Crippen LogP contribution in [0.2, 0.25) is 0 Å².